The summed E-state index contributed by atoms with van der Waals surface area (Å²) in [5.41, 5.74) is 1.11. The van der Waals surface area contributed by atoms with E-state index >= 15 is 0 Å². The van der Waals surface area contributed by atoms with Crippen molar-refractivity contribution in [3.05, 3.63) is 48.0 Å². The van der Waals surface area contributed by atoms with Gasteiger partial charge in [0.1, 0.15) is 11.6 Å². The quantitative estimate of drug-likeness (QED) is 0.825. The molecule has 5 heteroatoms. The van der Waals surface area contributed by atoms with Crippen molar-refractivity contribution in [3.8, 4) is 5.75 Å². The van der Waals surface area contributed by atoms with Gasteiger partial charge in [-0.15, -0.1) is 0 Å². The highest BCUT2D eigenvalue weighted by atomic mass is 16.5. The normalized spacial score (nSPS) is 10.2. The van der Waals surface area contributed by atoms with Crippen LogP contribution in [0.5, 0.6) is 5.75 Å². The summed E-state index contributed by atoms with van der Waals surface area (Å²) in [4.78, 5) is 18.6. The summed E-state index contributed by atoms with van der Waals surface area (Å²) >= 11 is 0. The van der Waals surface area contributed by atoms with Crippen molar-refractivity contribution in [2.24, 2.45) is 0 Å². The third-order valence-corrected chi connectivity index (χ3v) is 2.60. The van der Waals surface area contributed by atoms with E-state index in [0.717, 1.165) is 11.4 Å². The molecule has 0 aliphatic heterocycles. The molecule has 0 unspecified atom stereocenters. The molecule has 0 fully saturated rings. The molecule has 2 N–H and O–H groups in total. The van der Waals surface area contributed by atoms with E-state index in [0.29, 0.717) is 18.7 Å². The lowest BCUT2D eigenvalue weighted by Gasteiger charge is -2.07. The summed E-state index contributed by atoms with van der Waals surface area (Å²) in [5.74, 6) is 1.44. The summed E-state index contributed by atoms with van der Waals surface area (Å²) in [7, 11) is 0. The van der Waals surface area contributed by atoms with Crippen LogP contribution in [0.4, 0.5) is 0 Å². The smallest absolute Gasteiger partial charge is 0.257 e. The number of nitrogens with zero attached hydrogens (tertiary/aromatic N) is 1. The third-order valence-electron chi connectivity index (χ3n) is 2.60. The van der Waals surface area contributed by atoms with Gasteiger partial charge < -0.3 is 15.0 Å². The molecule has 1 aromatic carbocycles. The number of nitrogens with one attached hydrogen (secondary N) is 2. The van der Waals surface area contributed by atoms with Crippen LogP contribution in [0.25, 0.3) is 0 Å². The summed E-state index contributed by atoms with van der Waals surface area (Å²) in [6, 6.07) is 7.62. The largest absolute Gasteiger partial charge is 0.484 e. The van der Waals surface area contributed by atoms with Crippen molar-refractivity contribution in [1.82, 2.24) is 15.3 Å². The van der Waals surface area contributed by atoms with Gasteiger partial charge in [-0.3, -0.25) is 4.79 Å². The lowest BCUT2D eigenvalue weighted by Crippen LogP contribution is -2.30. The number of carbonyl (C=O) groups excluding carboxylic acids is 1. The molecule has 0 atom stereocenters. The summed E-state index contributed by atoms with van der Waals surface area (Å²) < 4.78 is 5.40. The van der Waals surface area contributed by atoms with Crippen LogP contribution < -0.4 is 10.1 Å². The number of hydrogen-bond donors (Lipinski definition) is 2. The number of amides is 1. The van der Waals surface area contributed by atoms with Crippen LogP contribution in [0.2, 0.25) is 0 Å². The molecule has 1 aromatic heterocycles. The Kier molecular flexibility index (Phi) is 4.55. The van der Waals surface area contributed by atoms with Gasteiger partial charge in [0.2, 0.25) is 0 Å². The topological polar surface area (TPSA) is 67.0 Å². The van der Waals surface area contributed by atoms with Crippen LogP contribution in [0.3, 0.4) is 0 Å². The Morgan fingerprint density at radius 1 is 1.47 bits per heavy atom. The van der Waals surface area contributed by atoms with Crippen LogP contribution >= 0.6 is 0 Å². The molecule has 2 aromatic rings. The Bertz CT molecular complexity index is 523. The van der Waals surface area contributed by atoms with E-state index in [9.17, 15) is 4.79 Å². The molecule has 0 saturated heterocycles. The van der Waals surface area contributed by atoms with Crippen molar-refractivity contribution < 1.29 is 9.53 Å². The van der Waals surface area contributed by atoms with E-state index in [2.05, 4.69) is 15.3 Å². The molecule has 0 saturated carbocycles. The average molecular weight is 259 g/mol. The first-order valence-corrected chi connectivity index (χ1v) is 6.18. The number of aryl methyl sites for hydroxylation is 1. The zero-order valence-corrected chi connectivity index (χ0v) is 10.8. The van der Waals surface area contributed by atoms with E-state index in [1.165, 1.54) is 0 Å². The first-order chi connectivity index (χ1) is 9.24. The second-order valence-corrected chi connectivity index (χ2v) is 4.24. The van der Waals surface area contributed by atoms with Crippen LogP contribution in [-0.2, 0) is 11.2 Å². The monoisotopic (exact) mass is 259 g/mol. The Labute approximate surface area is 112 Å². The number of hydrogen-bond acceptors (Lipinski definition) is 3. The number of rotatable bonds is 6. The molecule has 1 amide bonds. The molecule has 100 valence electrons. The molecular weight excluding hydrogens is 242 g/mol. The third kappa shape index (κ3) is 4.46. The molecule has 2 rings (SSSR count). The fraction of sp³-hybridized carbons (Fsp3) is 0.286. The minimum atomic E-state index is -0.131. The Morgan fingerprint density at radius 3 is 3.11 bits per heavy atom. The lowest BCUT2D eigenvalue weighted by atomic mass is 10.2. The zero-order valence-electron chi connectivity index (χ0n) is 10.8. The summed E-state index contributed by atoms with van der Waals surface area (Å²) in [5, 5.41) is 2.78. The number of imidazole rings is 1. The molecule has 0 spiro atoms. The van der Waals surface area contributed by atoms with E-state index in [4.69, 9.17) is 4.74 Å². The molecule has 0 aliphatic rings. The standard InChI is InChI=1S/C14H17N3O2/c1-11-3-2-4-12(9-11)19-10-14(18)17-6-5-13-15-7-8-16-13/h2-4,7-9H,5-6,10H2,1H3,(H,15,16)(H,17,18). The molecule has 5 nitrogen and oxygen atoms in total. The highest BCUT2D eigenvalue weighted by molar-refractivity contribution is 5.77. The molecular formula is C14H17N3O2. The highest BCUT2D eigenvalue weighted by Crippen LogP contribution is 2.11. The van der Waals surface area contributed by atoms with Crippen LogP contribution in [0, 0.1) is 6.92 Å². The van der Waals surface area contributed by atoms with Gasteiger partial charge in [0, 0.05) is 25.4 Å². The van der Waals surface area contributed by atoms with E-state index in [1.54, 1.807) is 12.4 Å². The number of carbonyl (C=O) groups is 1. The van der Waals surface area contributed by atoms with Gasteiger partial charge in [-0.05, 0) is 24.6 Å². The number of H-pyrrole nitrogens is 1. The fourth-order valence-electron chi connectivity index (χ4n) is 1.66. The number of benzene rings is 1. The van der Waals surface area contributed by atoms with Crippen molar-refractivity contribution in [2.75, 3.05) is 13.2 Å². The number of aromatic nitrogens is 2. The van der Waals surface area contributed by atoms with Gasteiger partial charge in [0.25, 0.3) is 5.91 Å². The number of ether oxygens (including phenoxy) is 1. The minimum absolute atomic E-state index is 0.0294. The van der Waals surface area contributed by atoms with Gasteiger partial charge in [-0.1, -0.05) is 12.1 Å². The maximum atomic E-state index is 11.6. The predicted molar refractivity (Wildman–Crippen MR) is 72.0 cm³/mol. The fourth-order valence-corrected chi connectivity index (χ4v) is 1.66. The van der Waals surface area contributed by atoms with Gasteiger partial charge in [-0.25, -0.2) is 4.98 Å². The van der Waals surface area contributed by atoms with E-state index in [1.807, 2.05) is 31.2 Å². The first kappa shape index (κ1) is 13.1. The molecule has 0 radical (unpaired) electrons. The Hall–Kier alpha value is -2.30. The first-order valence-electron chi connectivity index (χ1n) is 6.18. The Morgan fingerprint density at radius 2 is 2.37 bits per heavy atom. The minimum Gasteiger partial charge on any atom is -0.484 e. The predicted octanol–water partition coefficient (Wildman–Crippen LogP) is 1.46. The average Bonchev–Trinajstić information content (AvgIpc) is 2.90. The van der Waals surface area contributed by atoms with Crippen molar-refractivity contribution in [2.45, 2.75) is 13.3 Å². The molecule has 19 heavy (non-hydrogen) atoms. The van der Waals surface area contributed by atoms with Gasteiger partial charge in [0.05, 0.1) is 0 Å². The molecule has 0 bridgehead atoms. The van der Waals surface area contributed by atoms with Crippen molar-refractivity contribution in [1.29, 1.82) is 0 Å². The zero-order chi connectivity index (χ0) is 13.5. The lowest BCUT2D eigenvalue weighted by molar-refractivity contribution is -0.123. The maximum Gasteiger partial charge on any atom is 0.257 e. The van der Waals surface area contributed by atoms with Crippen molar-refractivity contribution in [3.63, 3.8) is 0 Å². The van der Waals surface area contributed by atoms with Crippen LogP contribution in [0.1, 0.15) is 11.4 Å². The van der Waals surface area contributed by atoms with Gasteiger partial charge >= 0.3 is 0 Å². The molecule has 0 aliphatic carbocycles. The SMILES string of the molecule is Cc1cccc(OCC(=O)NCCc2ncc[nH]2)c1. The van der Waals surface area contributed by atoms with Crippen molar-refractivity contribution >= 4 is 5.91 Å². The van der Waals surface area contributed by atoms with E-state index < -0.39 is 0 Å². The Balaban J connectivity index is 1.67. The van der Waals surface area contributed by atoms with Crippen LogP contribution in [0.15, 0.2) is 36.7 Å². The van der Waals surface area contributed by atoms with Gasteiger partial charge in [-0.2, -0.15) is 0 Å². The summed E-state index contributed by atoms with van der Waals surface area (Å²) in [6.07, 6.45) is 4.14. The maximum absolute atomic E-state index is 11.6. The number of aromatic amines is 1. The highest BCUT2D eigenvalue weighted by Gasteiger charge is 2.03. The second-order valence-electron chi connectivity index (χ2n) is 4.24. The van der Waals surface area contributed by atoms with E-state index in [-0.39, 0.29) is 12.5 Å². The van der Waals surface area contributed by atoms with Gasteiger partial charge in [0.15, 0.2) is 6.61 Å². The second kappa shape index (κ2) is 6.58. The summed E-state index contributed by atoms with van der Waals surface area (Å²) in [6.45, 7) is 2.56. The molecule has 1 heterocycles. The van der Waals surface area contributed by atoms with Crippen LogP contribution in [-0.4, -0.2) is 29.0 Å².